The molecular weight excluding hydrogens is 372 g/mol. The number of nitrogens with zero attached hydrogens (tertiary/aromatic N) is 2. The lowest BCUT2D eigenvalue weighted by atomic mass is 9.86. The van der Waals surface area contributed by atoms with Gasteiger partial charge in [-0.3, -0.25) is 14.5 Å². The average molecular weight is 405 g/mol. The third kappa shape index (κ3) is 4.70. The van der Waals surface area contributed by atoms with Crippen molar-refractivity contribution in [3.8, 4) is 5.75 Å². The molecule has 1 aliphatic heterocycles. The summed E-state index contributed by atoms with van der Waals surface area (Å²) < 4.78 is 5.28. The van der Waals surface area contributed by atoms with Crippen molar-refractivity contribution in [2.24, 2.45) is 0 Å². The van der Waals surface area contributed by atoms with E-state index >= 15 is 0 Å². The van der Waals surface area contributed by atoms with Gasteiger partial charge >= 0.3 is 6.03 Å². The second kappa shape index (κ2) is 9.73. The molecule has 160 valence electrons. The van der Waals surface area contributed by atoms with Crippen LogP contribution in [0.4, 0.5) is 4.79 Å². The molecule has 4 amide bonds. The molecule has 0 aromatic heterocycles. The molecule has 0 spiro atoms. The highest BCUT2D eigenvalue weighted by molar-refractivity contribution is 6.09. The highest BCUT2D eigenvalue weighted by atomic mass is 16.5. The highest BCUT2D eigenvalue weighted by Crippen LogP contribution is 2.34. The van der Waals surface area contributed by atoms with Crippen molar-refractivity contribution in [2.45, 2.75) is 39.7 Å². The molecule has 0 aliphatic carbocycles. The Morgan fingerprint density at radius 2 is 1.93 bits per heavy atom. The molecule has 29 heavy (non-hydrogen) atoms. The summed E-state index contributed by atoms with van der Waals surface area (Å²) in [4.78, 5) is 41.2. The first-order valence-electron chi connectivity index (χ1n) is 10.1. The van der Waals surface area contributed by atoms with Gasteiger partial charge in [-0.2, -0.15) is 0 Å². The van der Waals surface area contributed by atoms with Gasteiger partial charge in [0.25, 0.3) is 5.91 Å². The molecule has 1 aliphatic rings. The SMILES string of the molecule is CCN(CC)CCNC(=O)CN1C(=O)NC(CC)(c2ccc(OC)c(C)c2)C1=O. The Labute approximate surface area is 172 Å². The Hall–Kier alpha value is -2.61. The molecule has 0 radical (unpaired) electrons. The van der Waals surface area contributed by atoms with E-state index in [2.05, 4.69) is 29.4 Å². The van der Waals surface area contributed by atoms with Crippen molar-refractivity contribution < 1.29 is 19.1 Å². The molecule has 1 aromatic carbocycles. The molecule has 8 heteroatoms. The molecular formula is C21H32N4O4. The number of urea groups is 1. The summed E-state index contributed by atoms with van der Waals surface area (Å²) in [6.45, 7) is 10.6. The smallest absolute Gasteiger partial charge is 0.325 e. The zero-order valence-corrected chi connectivity index (χ0v) is 18.0. The van der Waals surface area contributed by atoms with Gasteiger partial charge in [-0.25, -0.2) is 4.79 Å². The number of nitrogens with one attached hydrogen (secondary N) is 2. The van der Waals surface area contributed by atoms with E-state index in [-0.39, 0.29) is 12.5 Å². The van der Waals surface area contributed by atoms with Crippen molar-refractivity contribution in [3.05, 3.63) is 29.3 Å². The highest BCUT2D eigenvalue weighted by Gasteiger charge is 2.51. The van der Waals surface area contributed by atoms with Crippen molar-refractivity contribution in [1.29, 1.82) is 0 Å². The monoisotopic (exact) mass is 404 g/mol. The van der Waals surface area contributed by atoms with E-state index in [1.165, 1.54) is 0 Å². The maximum absolute atomic E-state index is 13.2. The number of imide groups is 1. The number of benzene rings is 1. The van der Waals surface area contributed by atoms with Crippen molar-refractivity contribution in [3.63, 3.8) is 0 Å². The van der Waals surface area contributed by atoms with Crippen LogP contribution in [0, 0.1) is 6.92 Å². The second-order valence-electron chi connectivity index (χ2n) is 7.14. The number of hydrogen-bond acceptors (Lipinski definition) is 5. The van der Waals surface area contributed by atoms with E-state index < -0.39 is 17.5 Å². The maximum atomic E-state index is 13.2. The number of hydrogen-bond donors (Lipinski definition) is 2. The number of amides is 4. The van der Waals surface area contributed by atoms with Gasteiger partial charge in [-0.1, -0.05) is 26.8 Å². The molecule has 8 nitrogen and oxygen atoms in total. The van der Waals surface area contributed by atoms with Crippen molar-refractivity contribution in [1.82, 2.24) is 20.4 Å². The minimum absolute atomic E-state index is 0.292. The summed E-state index contributed by atoms with van der Waals surface area (Å²) in [5.41, 5.74) is 0.379. The second-order valence-corrected chi connectivity index (χ2v) is 7.14. The lowest BCUT2D eigenvalue weighted by Crippen LogP contribution is -2.45. The fourth-order valence-electron chi connectivity index (χ4n) is 3.65. The average Bonchev–Trinajstić information content (AvgIpc) is 2.96. The standard InChI is InChI=1S/C21H32N4O4/c1-6-21(16-9-10-17(29-5)15(4)13-16)19(27)25(20(28)23-21)14-18(26)22-11-12-24(7-2)8-3/h9-10,13H,6-8,11-12,14H2,1-5H3,(H,22,26)(H,23,28). The fourth-order valence-corrected chi connectivity index (χ4v) is 3.65. The number of rotatable bonds is 10. The Balaban J connectivity index is 2.11. The van der Waals surface area contributed by atoms with Gasteiger partial charge in [0.2, 0.25) is 5.91 Å². The van der Waals surface area contributed by atoms with E-state index in [0.717, 1.165) is 30.1 Å². The van der Waals surface area contributed by atoms with Crippen LogP contribution in [0.2, 0.25) is 0 Å². The quantitative estimate of drug-likeness (QED) is 0.578. The van der Waals surface area contributed by atoms with Gasteiger partial charge in [-0.15, -0.1) is 0 Å². The minimum atomic E-state index is -1.17. The fraction of sp³-hybridized carbons (Fsp3) is 0.571. The van der Waals surface area contributed by atoms with E-state index in [0.29, 0.717) is 24.3 Å². The van der Waals surface area contributed by atoms with Gasteiger partial charge in [0.15, 0.2) is 0 Å². The van der Waals surface area contributed by atoms with Crippen LogP contribution in [0.1, 0.15) is 38.3 Å². The topological polar surface area (TPSA) is 91.0 Å². The predicted molar refractivity (Wildman–Crippen MR) is 111 cm³/mol. The maximum Gasteiger partial charge on any atom is 0.325 e. The molecule has 1 unspecified atom stereocenters. The van der Waals surface area contributed by atoms with Crippen molar-refractivity contribution in [2.75, 3.05) is 39.8 Å². The molecule has 2 rings (SSSR count). The van der Waals surface area contributed by atoms with Crippen LogP contribution in [0.3, 0.4) is 0 Å². The molecule has 0 saturated carbocycles. The summed E-state index contributed by atoms with van der Waals surface area (Å²) in [6.07, 6.45) is 0.378. The Bertz CT molecular complexity index is 763. The van der Waals surface area contributed by atoms with E-state index in [9.17, 15) is 14.4 Å². The first-order chi connectivity index (χ1) is 13.8. The van der Waals surface area contributed by atoms with Gasteiger partial charge in [0.1, 0.15) is 17.8 Å². The molecule has 1 atom stereocenters. The van der Waals surface area contributed by atoms with Gasteiger partial charge in [0.05, 0.1) is 7.11 Å². The van der Waals surface area contributed by atoms with Crippen LogP contribution in [0.25, 0.3) is 0 Å². The number of methoxy groups -OCH3 is 1. The van der Waals surface area contributed by atoms with Crippen LogP contribution >= 0.6 is 0 Å². The lowest BCUT2D eigenvalue weighted by Gasteiger charge is -2.26. The largest absolute Gasteiger partial charge is 0.496 e. The molecule has 1 saturated heterocycles. The zero-order chi connectivity index (χ0) is 21.6. The van der Waals surface area contributed by atoms with E-state index in [4.69, 9.17) is 4.74 Å². The molecule has 1 fully saturated rings. The number of likely N-dealkylation sites (N-methyl/N-ethyl adjacent to an activating group) is 1. The Morgan fingerprint density at radius 3 is 2.48 bits per heavy atom. The lowest BCUT2D eigenvalue weighted by molar-refractivity contribution is -0.135. The number of carbonyl (C=O) groups is 3. The molecule has 1 heterocycles. The van der Waals surface area contributed by atoms with Crippen LogP contribution < -0.4 is 15.4 Å². The number of carbonyl (C=O) groups excluding carboxylic acids is 3. The van der Waals surface area contributed by atoms with Crippen LogP contribution in [0.15, 0.2) is 18.2 Å². The zero-order valence-electron chi connectivity index (χ0n) is 18.0. The molecule has 2 N–H and O–H groups in total. The summed E-state index contributed by atoms with van der Waals surface area (Å²) in [5.74, 6) is -0.0480. The van der Waals surface area contributed by atoms with Gasteiger partial charge < -0.3 is 20.3 Å². The van der Waals surface area contributed by atoms with Gasteiger partial charge in [-0.05, 0) is 49.7 Å². The van der Waals surface area contributed by atoms with Crippen LogP contribution in [-0.4, -0.2) is 67.5 Å². The molecule has 1 aromatic rings. The number of aryl methyl sites for hydroxylation is 1. The number of ether oxygens (including phenoxy) is 1. The summed E-state index contributed by atoms with van der Waals surface area (Å²) >= 11 is 0. The van der Waals surface area contributed by atoms with E-state index in [1.54, 1.807) is 19.2 Å². The predicted octanol–water partition coefficient (Wildman–Crippen LogP) is 1.62. The summed E-state index contributed by atoms with van der Waals surface area (Å²) in [7, 11) is 1.58. The van der Waals surface area contributed by atoms with Crippen LogP contribution in [0.5, 0.6) is 5.75 Å². The first kappa shape index (κ1) is 22.7. The van der Waals surface area contributed by atoms with Crippen molar-refractivity contribution >= 4 is 17.8 Å². The third-order valence-corrected chi connectivity index (χ3v) is 5.54. The van der Waals surface area contributed by atoms with Crippen LogP contribution in [-0.2, 0) is 15.1 Å². The third-order valence-electron chi connectivity index (χ3n) is 5.54. The van der Waals surface area contributed by atoms with Gasteiger partial charge in [0, 0.05) is 13.1 Å². The summed E-state index contributed by atoms with van der Waals surface area (Å²) in [6, 6.07) is 4.85. The van der Waals surface area contributed by atoms with E-state index in [1.807, 2.05) is 19.9 Å². The minimum Gasteiger partial charge on any atom is -0.496 e. The molecule has 0 bridgehead atoms. The first-order valence-corrected chi connectivity index (χ1v) is 10.1. The Kier molecular flexibility index (Phi) is 7.61. The summed E-state index contributed by atoms with van der Waals surface area (Å²) in [5, 5.41) is 5.59. The Morgan fingerprint density at radius 1 is 1.24 bits per heavy atom. The normalized spacial score (nSPS) is 18.9.